The molecule has 1 N–H and O–H groups in total. The van der Waals surface area contributed by atoms with Crippen LogP contribution in [0.25, 0.3) is 11.1 Å². The molecule has 7 heteroatoms. The summed E-state index contributed by atoms with van der Waals surface area (Å²) < 4.78 is 53.1. The van der Waals surface area contributed by atoms with Crippen molar-refractivity contribution in [3.8, 4) is 22.6 Å². The minimum atomic E-state index is -1.10. The van der Waals surface area contributed by atoms with Crippen LogP contribution in [0.1, 0.15) is 20.3 Å². The number of aliphatic carboxylic acids is 1. The second kappa shape index (κ2) is 7.50. The van der Waals surface area contributed by atoms with Crippen LogP contribution < -0.4 is 9.47 Å². The Bertz CT molecular complexity index is 867. The molecule has 0 heterocycles. The van der Waals surface area contributed by atoms with Crippen molar-refractivity contribution in [1.29, 1.82) is 0 Å². The largest absolute Gasteiger partial charge is 0.491 e. The maximum absolute atomic E-state index is 14.3. The van der Waals surface area contributed by atoms with Crippen LogP contribution in [0, 0.1) is 29.3 Å². The van der Waals surface area contributed by atoms with Crippen molar-refractivity contribution >= 4 is 5.97 Å². The number of rotatable bonds is 7. The first-order valence-corrected chi connectivity index (χ1v) is 8.57. The van der Waals surface area contributed by atoms with Gasteiger partial charge in [0.15, 0.2) is 23.2 Å². The Morgan fingerprint density at radius 2 is 1.93 bits per heavy atom. The number of hydrogen-bond acceptors (Lipinski definition) is 3. The lowest BCUT2D eigenvalue weighted by Gasteiger charge is -2.13. The molecular formula is C20H19F3O4. The topological polar surface area (TPSA) is 55.8 Å². The monoisotopic (exact) mass is 380 g/mol. The Morgan fingerprint density at radius 3 is 2.52 bits per heavy atom. The minimum absolute atomic E-state index is 0.0646. The van der Waals surface area contributed by atoms with Gasteiger partial charge in [-0.05, 0) is 44.0 Å². The number of carbonyl (C=O) groups is 1. The van der Waals surface area contributed by atoms with E-state index in [0.717, 1.165) is 12.1 Å². The van der Waals surface area contributed by atoms with E-state index >= 15 is 0 Å². The van der Waals surface area contributed by atoms with E-state index in [-0.39, 0.29) is 41.3 Å². The van der Waals surface area contributed by atoms with Crippen molar-refractivity contribution in [1.82, 2.24) is 0 Å². The second-order valence-electron chi connectivity index (χ2n) is 6.83. The predicted molar refractivity (Wildman–Crippen MR) is 92.2 cm³/mol. The average Bonchev–Trinajstić information content (AvgIpc) is 3.36. The molecule has 1 aliphatic rings. The van der Waals surface area contributed by atoms with Crippen molar-refractivity contribution in [3.05, 3.63) is 47.8 Å². The molecule has 2 atom stereocenters. The summed E-state index contributed by atoms with van der Waals surface area (Å²) in [6, 6.07) is 6.04. The van der Waals surface area contributed by atoms with E-state index in [0.29, 0.717) is 6.42 Å². The molecule has 2 aromatic carbocycles. The highest BCUT2D eigenvalue weighted by Crippen LogP contribution is 2.39. The molecule has 1 unspecified atom stereocenters. The highest BCUT2D eigenvalue weighted by Gasteiger charge is 2.43. The summed E-state index contributed by atoms with van der Waals surface area (Å²) in [5.41, 5.74) is 0.0181. The normalized spacial score (nSPS) is 18.4. The molecule has 1 fully saturated rings. The molecule has 27 heavy (non-hydrogen) atoms. The van der Waals surface area contributed by atoms with Gasteiger partial charge in [0.25, 0.3) is 0 Å². The number of hydrogen-bond donors (Lipinski definition) is 1. The number of halogens is 3. The molecule has 1 aliphatic carbocycles. The van der Waals surface area contributed by atoms with Gasteiger partial charge in [-0.15, -0.1) is 0 Å². The van der Waals surface area contributed by atoms with Crippen molar-refractivity contribution in [2.75, 3.05) is 6.61 Å². The third kappa shape index (κ3) is 4.35. The maximum atomic E-state index is 14.3. The summed E-state index contributed by atoms with van der Waals surface area (Å²) in [7, 11) is 0. The van der Waals surface area contributed by atoms with Crippen LogP contribution in [-0.2, 0) is 4.79 Å². The first kappa shape index (κ1) is 19.1. The van der Waals surface area contributed by atoms with Crippen molar-refractivity contribution in [2.24, 2.45) is 11.8 Å². The molecule has 0 aliphatic heterocycles. The minimum Gasteiger partial charge on any atom is -0.491 e. The van der Waals surface area contributed by atoms with Gasteiger partial charge in [-0.1, -0.05) is 6.07 Å². The van der Waals surface area contributed by atoms with Crippen LogP contribution in [0.4, 0.5) is 13.2 Å². The third-order valence-corrected chi connectivity index (χ3v) is 4.31. The molecule has 0 radical (unpaired) electrons. The second-order valence-corrected chi connectivity index (χ2v) is 6.83. The van der Waals surface area contributed by atoms with E-state index in [1.165, 1.54) is 18.2 Å². The summed E-state index contributed by atoms with van der Waals surface area (Å²) in [4.78, 5) is 10.8. The molecule has 4 nitrogen and oxygen atoms in total. The van der Waals surface area contributed by atoms with E-state index in [1.54, 1.807) is 13.8 Å². The molecule has 0 amide bonds. The Balaban J connectivity index is 1.79. The number of carboxylic acid groups (broad SMARTS) is 1. The molecule has 0 spiro atoms. The van der Waals surface area contributed by atoms with Crippen molar-refractivity contribution in [3.63, 3.8) is 0 Å². The fraction of sp³-hybridized carbons (Fsp3) is 0.350. The fourth-order valence-corrected chi connectivity index (χ4v) is 2.83. The summed E-state index contributed by atoms with van der Waals surface area (Å²) in [6.45, 7) is 3.59. The van der Waals surface area contributed by atoms with Crippen LogP contribution in [0.3, 0.4) is 0 Å². The summed E-state index contributed by atoms with van der Waals surface area (Å²) in [6.07, 6.45) is 0.273. The molecule has 1 saturated carbocycles. The van der Waals surface area contributed by atoms with Gasteiger partial charge in [-0.3, -0.25) is 4.79 Å². The van der Waals surface area contributed by atoms with E-state index in [1.807, 2.05) is 0 Å². The standard InChI is InChI=1S/C20H19F3O4/c1-10(2)27-13-7-14(19(23)17(22)8-13)11-3-4-18(16(21)6-11)26-9-12-5-15(12)20(24)25/h3-4,6-8,10,12,15H,5,9H2,1-2H3,(H,24,25)/t12?,15-/m0/s1. The van der Waals surface area contributed by atoms with Gasteiger partial charge < -0.3 is 14.6 Å². The van der Waals surface area contributed by atoms with Gasteiger partial charge in [0, 0.05) is 17.5 Å². The van der Waals surface area contributed by atoms with E-state index in [9.17, 15) is 18.0 Å². The van der Waals surface area contributed by atoms with Gasteiger partial charge >= 0.3 is 5.97 Å². The van der Waals surface area contributed by atoms with Crippen LogP contribution in [0.2, 0.25) is 0 Å². The lowest BCUT2D eigenvalue weighted by Crippen LogP contribution is -2.07. The molecule has 0 saturated heterocycles. The molecular weight excluding hydrogens is 361 g/mol. The average molecular weight is 380 g/mol. The zero-order valence-corrected chi connectivity index (χ0v) is 14.8. The zero-order chi connectivity index (χ0) is 19.7. The van der Waals surface area contributed by atoms with Gasteiger partial charge in [0.05, 0.1) is 18.6 Å². The maximum Gasteiger partial charge on any atom is 0.306 e. The molecule has 3 rings (SSSR count). The van der Waals surface area contributed by atoms with E-state index in [2.05, 4.69) is 0 Å². The van der Waals surface area contributed by atoms with Crippen LogP contribution >= 0.6 is 0 Å². The summed E-state index contributed by atoms with van der Waals surface area (Å²) in [5, 5.41) is 8.86. The Hall–Kier alpha value is -2.70. The molecule has 144 valence electrons. The number of ether oxygens (including phenoxy) is 2. The third-order valence-electron chi connectivity index (χ3n) is 4.31. The van der Waals surface area contributed by atoms with Crippen LogP contribution in [-0.4, -0.2) is 23.8 Å². The predicted octanol–water partition coefficient (Wildman–Crippen LogP) is 4.66. The van der Waals surface area contributed by atoms with E-state index < -0.39 is 29.3 Å². The smallest absolute Gasteiger partial charge is 0.306 e. The highest BCUT2D eigenvalue weighted by molar-refractivity contribution is 5.73. The SMILES string of the molecule is CC(C)Oc1cc(F)c(F)c(-c2ccc(OCC3C[C@@H]3C(=O)O)c(F)c2)c1. The first-order valence-electron chi connectivity index (χ1n) is 8.57. The zero-order valence-electron chi connectivity index (χ0n) is 14.8. The Labute approximate surface area is 154 Å². The fourth-order valence-electron chi connectivity index (χ4n) is 2.83. The first-order chi connectivity index (χ1) is 12.8. The van der Waals surface area contributed by atoms with Gasteiger partial charge in [0.2, 0.25) is 0 Å². The lowest BCUT2D eigenvalue weighted by atomic mass is 10.0. The van der Waals surface area contributed by atoms with Crippen LogP contribution in [0.15, 0.2) is 30.3 Å². The molecule has 0 bridgehead atoms. The lowest BCUT2D eigenvalue weighted by molar-refractivity contribution is -0.138. The van der Waals surface area contributed by atoms with Gasteiger partial charge in [0.1, 0.15) is 5.75 Å². The quantitative estimate of drug-likeness (QED) is 0.759. The summed E-state index contributed by atoms with van der Waals surface area (Å²) in [5.74, 6) is -4.32. The van der Waals surface area contributed by atoms with Gasteiger partial charge in [-0.2, -0.15) is 0 Å². The van der Waals surface area contributed by atoms with E-state index in [4.69, 9.17) is 14.6 Å². The summed E-state index contributed by atoms with van der Waals surface area (Å²) >= 11 is 0. The number of carboxylic acids is 1. The molecule has 2 aromatic rings. The van der Waals surface area contributed by atoms with Gasteiger partial charge in [-0.25, -0.2) is 13.2 Å². The highest BCUT2D eigenvalue weighted by atomic mass is 19.2. The Kier molecular flexibility index (Phi) is 5.30. The molecule has 0 aromatic heterocycles. The van der Waals surface area contributed by atoms with Crippen LogP contribution in [0.5, 0.6) is 11.5 Å². The van der Waals surface area contributed by atoms with Crippen molar-refractivity contribution in [2.45, 2.75) is 26.4 Å². The Morgan fingerprint density at radius 1 is 1.19 bits per heavy atom. The number of benzene rings is 2. The van der Waals surface area contributed by atoms with Crippen molar-refractivity contribution < 1.29 is 32.5 Å².